The van der Waals surface area contributed by atoms with Crippen molar-refractivity contribution in [3.8, 4) is 6.07 Å². The molecule has 0 amide bonds. The maximum Gasteiger partial charge on any atom is 0.0663 e. The second-order valence-corrected chi connectivity index (χ2v) is 2.18. The van der Waals surface area contributed by atoms with Crippen LogP contribution in [0.15, 0.2) is 36.4 Å². The molecular weight excluding hydrogens is 134 g/mol. The normalized spacial score (nSPS) is 9.73. The number of nitriles is 1. The van der Waals surface area contributed by atoms with Crippen molar-refractivity contribution in [1.82, 2.24) is 0 Å². The molecule has 0 spiro atoms. The van der Waals surface area contributed by atoms with E-state index in [0.29, 0.717) is 6.42 Å². The number of benzene rings is 1. The van der Waals surface area contributed by atoms with Crippen LogP contribution in [0, 0.1) is 11.3 Å². The molecule has 0 aromatic heterocycles. The lowest BCUT2D eigenvalue weighted by Crippen LogP contribution is -1.67. The van der Waals surface area contributed by atoms with E-state index >= 15 is 0 Å². The van der Waals surface area contributed by atoms with Crippen molar-refractivity contribution in [2.45, 2.75) is 6.42 Å². The zero-order valence-corrected chi connectivity index (χ0v) is 6.20. The van der Waals surface area contributed by atoms with Crippen molar-refractivity contribution in [2.75, 3.05) is 0 Å². The molecule has 0 aliphatic heterocycles. The summed E-state index contributed by atoms with van der Waals surface area (Å²) in [7, 11) is 0. The Bertz CT molecular complexity index is 267. The van der Waals surface area contributed by atoms with Gasteiger partial charge in [-0.1, -0.05) is 42.5 Å². The molecular formula is C10H9N. The van der Waals surface area contributed by atoms with E-state index in [4.69, 9.17) is 5.26 Å². The van der Waals surface area contributed by atoms with E-state index in [1.54, 1.807) is 0 Å². The first-order valence-electron chi connectivity index (χ1n) is 3.52. The van der Waals surface area contributed by atoms with Crippen molar-refractivity contribution in [1.29, 1.82) is 5.26 Å². The Morgan fingerprint density at radius 3 is 2.64 bits per heavy atom. The summed E-state index contributed by atoms with van der Waals surface area (Å²) in [6.45, 7) is 0. The Morgan fingerprint density at radius 2 is 2.00 bits per heavy atom. The van der Waals surface area contributed by atoms with Gasteiger partial charge in [0.15, 0.2) is 0 Å². The first-order valence-corrected chi connectivity index (χ1v) is 3.52. The van der Waals surface area contributed by atoms with Crippen LogP contribution in [0.1, 0.15) is 12.0 Å². The molecule has 0 N–H and O–H groups in total. The van der Waals surface area contributed by atoms with E-state index in [1.165, 1.54) is 0 Å². The molecule has 0 radical (unpaired) electrons. The van der Waals surface area contributed by atoms with E-state index in [-0.39, 0.29) is 0 Å². The lowest BCUT2D eigenvalue weighted by Gasteiger charge is -1.87. The third-order valence-electron chi connectivity index (χ3n) is 1.32. The summed E-state index contributed by atoms with van der Waals surface area (Å²) in [6, 6.07) is 12.0. The zero-order chi connectivity index (χ0) is 7.94. The quantitative estimate of drug-likeness (QED) is 0.624. The molecule has 0 aliphatic rings. The lowest BCUT2D eigenvalue weighted by atomic mass is 10.2. The third-order valence-corrected chi connectivity index (χ3v) is 1.32. The fourth-order valence-electron chi connectivity index (χ4n) is 0.812. The smallest absolute Gasteiger partial charge is 0.0663 e. The molecule has 1 aromatic rings. The second-order valence-electron chi connectivity index (χ2n) is 2.18. The molecule has 0 saturated heterocycles. The van der Waals surface area contributed by atoms with E-state index in [9.17, 15) is 0 Å². The summed E-state index contributed by atoms with van der Waals surface area (Å²) in [6.07, 6.45) is 4.29. The molecule has 1 aromatic carbocycles. The van der Waals surface area contributed by atoms with E-state index in [1.807, 2.05) is 42.5 Å². The molecule has 54 valence electrons. The largest absolute Gasteiger partial charge is 0.198 e. The Hall–Kier alpha value is -1.55. The minimum Gasteiger partial charge on any atom is -0.198 e. The minimum atomic E-state index is 0.481. The van der Waals surface area contributed by atoms with Crippen molar-refractivity contribution in [2.24, 2.45) is 0 Å². The monoisotopic (exact) mass is 143 g/mol. The summed E-state index contributed by atoms with van der Waals surface area (Å²) >= 11 is 0. The van der Waals surface area contributed by atoms with Crippen LogP contribution in [0.25, 0.3) is 6.08 Å². The van der Waals surface area contributed by atoms with Crippen molar-refractivity contribution in [3.05, 3.63) is 42.0 Å². The molecule has 0 fully saturated rings. The van der Waals surface area contributed by atoms with Gasteiger partial charge in [-0.25, -0.2) is 0 Å². The summed E-state index contributed by atoms with van der Waals surface area (Å²) < 4.78 is 0. The SMILES string of the molecule is N#CC/C=C/c1ccccc1. The minimum absolute atomic E-state index is 0.481. The fraction of sp³-hybridized carbons (Fsp3) is 0.100. The molecule has 0 atom stereocenters. The number of rotatable bonds is 2. The van der Waals surface area contributed by atoms with Crippen LogP contribution in [-0.4, -0.2) is 0 Å². The average molecular weight is 143 g/mol. The van der Waals surface area contributed by atoms with Gasteiger partial charge in [-0.3, -0.25) is 0 Å². The standard InChI is InChI=1S/C10H9N/c11-9-5-4-8-10-6-2-1-3-7-10/h1-4,6-8H,5H2/b8-4+. The molecule has 0 bridgehead atoms. The maximum absolute atomic E-state index is 8.24. The van der Waals surface area contributed by atoms with Gasteiger partial charge in [0, 0.05) is 0 Å². The Kier molecular flexibility index (Phi) is 2.95. The van der Waals surface area contributed by atoms with Gasteiger partial charge >= 0.3 is 0 Å². The van der Waals surface area contributed by atoms with Crippen molar-refractivity contribution < 1.29 is 0 Å². The molecule has 1 heteroatoms. The van der Waals surface area contributed by atoms with Crippen LogP contribution in [0.3, 0.4) is 0 Å². The predicted octanol–water partition coefficient (Wildman–Crippen LogP) is 2.61. The first kappa shape index (κ1) is 7.56. The lowest BCUT2D eigenvalue weighted by molar-refractivity contribution is 1.36. The molecule has 1 rings (SSSR count). The van der Waals surface area contributed by atoms with E-state index in [2.05, 4.69) is 6.07 Å². The highest BCUT2D eigenvalue weighted by atomic mass is 14.2. The van der Waals surface area contributed by atoms with Crippen LogP contribution in [0.5, 0.6) is 0 Å². The fourth-order valence-corrected chi connectivity index (χ4v) is 0.812. The molecule has 0 unspecified atom stereocenters. The Morgan fingerprint density at radius 1 is 1.27 bits per heavy atom. The first-order chi connectivity index (χ1) is 5.43. The van der Waals surface area contributed by atoms with Gasteiger partial charge in [0.2, 0.25) is 0 Å². The molecule has 0 saturated carbocycles. The third kappa shape index (κ3) is 2.68. The topological polar surface area (TPSA) is 23.8 Å². The van der Waals surface area contributed by atoms with Gasteiger partial charge in [-0.2, -0.15) is 5.26 Å². The Balaban J connectivity index is 2.59. The number of nitrogens with zero attached hydrogens (tertiary/aromatic N) is 1. The highest BCUT2D eigenvalue weighted by molar-refractivity contribution is 5.48. The summed E-state index contributed by atoms with van der Waals surface area (Å²) in [5.41, 5.74) is 1.14. The van der Waals surface area contributed by atoms with E-state index in [0.717, 1.165) is 5.56 Å². The summed E-state index contributed by atoms with van der Waals surface area (Å²) in [5, 5.41) is 8.24. The van der Waals surface area contributed by atoms with Crippen LogP contribution >= 0.6 is 0 Å². The number of allylic oxidation sites excluding steroid dienone is 1. The highest BCUT2D eigenvalue weighted by Gasteiger charge is 1.80. The second kappa shape index (κ2) is 4.29. The number of hydrogen-bond donors (Lipinski definition) is 0. The van der Waals surface area contributed by atoms with Gasteiger partial charge in [0.05, 0.1) is 12.5 Å². The summed E-state index contributed by atoms with van der Waals surface area (Å²) in [4.78, 5) is 0. The predicted molar refractivity (Wildman–Crippen MR) is 45.7 cm³/mol. The highest BCUT2D eigenvalue weighted by Crippen LogP contribution is 2.00. The van der Waals surface area contributed by atoms with Gasteiger partial charge in [-0.15, -0.1) is 0 Å². The van der Waals surface area contributed by atoms with Gasteiger partial charge < -0.3 is 0 Å². The number of hydrogen-bond acceptors (Lipinski definition) is 1. The average Bonchev–Trinajstić information content (AvgIpc) is 2.07. The maximum atomic E-state index is 8.24. The van der Waals surface area contributed by atoms with Gasteiger partial charge in [0.25, 0.3) is 0 Å². The zero-order valence-electron chi connectivity index (χ0n) is 6.20. The van der Waals surface area contributed by atoms with Crippen molar-refractivity contribution in [3.63, 3.8) is 0 Å². The molecule has 11 heavy (non-hydrogen) atoms. The molecule has 0 aliphatic carbocycles. The van der Waals surface area contributed by atoms with Crippen LogP contribution in [0.2, 0.25) is 0 Å². The van der Waals surface area contributed by atoms with Gasteiger partial charge in [-0.05, 0) is 5.56 Å². The van der Waals surface area contributed by atoms with Gasteiger partial charge in [0.1, 0.15) is 0 Å². The van der Waals surface area contributed by atoms with Crippen LogP contribution in [0.4, 0.5) is 0 Å². The molecule has 1 nitrogen and oxygen atoms in total. The molecule has 0 heterocycles. The van der Waals surface area contributed by atoms with E-state index < -0.39 is 0 Å². The van der Waals surface area contributed by atoms with Crippen LogP contribution in [-0.2, 0) is 0 Å². The van der Waals surface area contributed by atoms with Crippen molar-refractivity contribution >= 4 is 6.08 Å². The van der Waals surface area contributed by atoms with Crippen LogP contribution < -0.4 is 0 Å². The summed E-state index contributed by atoms with van der Waals surface area (Å²) in [5.74, 6) is 0. The Labute approximate surface area is 66.6 Å².